The summed E-state index contributed by atoms with van der Waals surface area (Å²) >= 11 is 7.23. The fraction of sp³-hybridized carbons (Fsp3) is 0.120. The molecule has 1 amide bonds. The number of hydrogen-bond donors (Lipinski definition) is 1. The van der Waals surface area contributed by atoms with Gasteiger partial charge >= 0.3 is 0 Å². The number of carbonyl (C=O) groups excluding carboxylic acids is 1. The Balaban J connectivity index is 1.51. The second kappa shape index (κ2) is 10.5. The van der Waals surface area contributed by atoms with Crippen LogP contribution in [0.3, 0.4) is 0 Å². The summed E-state index contributed by atoms with van der Waals surface area (Å²) in [5.41, 5.74) is 7.24. The molecular formula is C25H22ClN5OS. The molecule has 8 heteroatoms. The van der Waals surface area contributed by atoms with Crippen LogP contribution in [0.1, 0.15) is 18.1 Å². The van der Waals surface area contributed by atoms with Gasteiger partial charge in [-0.2, -0.15) is 5.10 Å². The van der Waals surface area contributed by atoms with Crippen molar-refractivity contribution in [2.24, 2.45) is 5.10 Å². The number of nitrogens with zero attached hydrogens (tertiary/aromatic N) is 4. The van der Waals surface area contributed by atoms with Crippen LogP contribution in [0.15, 0.2) is 89.1 Å². The first-order valence-electron chi connectivity index (χ1n) is 10.3. The van der Waals surface area contributed by atoms with Crippen LogP contribution in [-0.2, 0) is 4.79 Å². The van der Waals surface area contributed by atoms with Crippen molar-refractivity contribution in [3.63, 3.8) is 0 Å². The summed E-state index contributed by atoms with van der Waals surface area (Å²) in [5.74, 6) is 0.643. The highest BCUT2D eigenvalue weighted by atomic mass is 35.5. The molecule has 0 aliphatic carbocycles. The van der Waals surface area contributed by atoms with Crippen molar-refractivity contribution in [1.29, 1.82) is 0 Å². The van der Waals surface area contributed by atoms with Crippen molar-refractivity contribution in [3.8, 4) is 17.1 Å². The Kier molecular flexibility index (Phi) is 7.22. The highest BCUT2D eigenvalue weighted by molar-refractivity contribution is 7.99. The monoisotopic (exact) mass is 475 g/mol. The number of amides is 1. The molecule has 0 spiro atoms. The van der Waals surface area contributed by atoms with Crippen LogP contribution in [0.25, 0.3) is 17.1 Å². The van der Waals surface area contributed by atoms with E-state index in [1.807, 2.05) is 85.1 Å². The maximum absolute atomic E-state index is 12.5. The minimum absolute atomic E-state index is 0.149. The molecule has 0 saturated carbocycles. The van der Waals surface area contributed by atoms with Crippen LogP contribution in [0.2, 0.25) is 5.02 Å². The van der Waals surface area contributed by atoms with Crippen molar-refractivity contribution in [1.82, 2.24) is 20.2 Å². The summed E-state index contributed by atoms with van der Waals surface area (Å²) in [4.78, 5) is 12.5. The first-order chi connectivity index (χ1) is 16.0. The van der Waals surface area contributed by atoms with Gasteiger partial charge in [0.25, 0.3) is 5.91 Å². The number of aromatic nitrogens is 3. The largest absolute Gasteiger partial charge is 0.272 e. The Morgan fingerprint density at radius 1 is 1.00 bits per heavy atom. The molecule has 1 heterocycles. The van der Waals surface area contributed by atoms with E-state index < -0.39 is 0 Å². The molecule has 0 saturated heterocycles. The average Bonchev–Trinajstić information content (AvgIpc) is 3.26. The zero-order valence-electron chi connectivity index (χ0n) is 18.2. The van der Waals surface area contributed by atoms with Crippen LogP contribution >= 0.6 is 23.4 Å². The Labute approximate surface area is 201 Å². The maximum atomic E-state index is 12.5. The van der Waals surface area contributed by atoms with Crippen LogP contribution in [0.4, 0.5) is 0 Å². The predicted molar refractivity (Wildman–Crippen MR) is 134 cm³/mol. The number of hydrazone groups is 1. The molecule has 0 unspecified atom stereocenters. The summed E-state index contributed by atoms with van der Waals surface area (Å²) in [7, 11) is 0. The molecule has 33 heavy (non-hydrogen) atoms. The van der Waals surface area contributed by atoms with E-state index in [1.54, 1.807) is 12.1 Å². The highest BCUT2D eigenvalue weighted by Gasteiger charge is 2.17. The molecule has 166 valence electrons. The standard InChI is InChI=1S/C25H22ClN5OS/c1-17-8-10-20(11-9-17)24-29-30-25(31(24)22-6-4-3-5-7-22)33-16-23(32)28-27-18(2)19-12-14-21(26)15-13-19/h3-15H,16H2,1-2H3,(H,28,32). The van der Waals surface area contributed by atoms with Crippen LogP contribution in [0, 0.1) is 6.92 Å². The van der Waals surface area contributed by atoms with E-state index in [9.17, 15) is 4.79 Å². The number of benzene rings is 3. The molecule has 0 bridgehead atoms. The van der Waals surface area contributed by atoms with Gasteiger partial charge in [-0.05, 0) is 43.7 Å². The number of thioether (sulfide) groups is 1. The second-order valence-electron chi connectivity index (χ2n) is 7.37. The van der Waals surface area contributed by atoms with Gasteiger partial charge in [0.2, 0.25) is 0 Å². The average molecular weight is 476 g/mol. The van der Waals surface area contributed by atoms with E-state index in [-0.39, 0.29) is 11.7 Å². The Morgan fingerprint density at radius 3 is 2.39 bits per heavy atom. The minimum atomic E-state index is -0.229. The summed E-state index contributed by atoms with van der Waals surface area (Å²) in [6.45, 7) is 3.87. The van der Waals surface area contributed by atoms with Crippen LogP contribution in [-0.4, -0.2) is 32.1 Å². The van der Waals surface area contributed by atoms with Crippen molar-refractivity contribution in [3.05, 3.63) is 95.0 Å². The topological polar surface area (TPSA) is 72.2 Å². The molecule has 0 aliphatic heterocycles. The lowest BCUT2D eigenvalue weighted by atomic mass is 10.1. The summed E-state index contributed by atoms with van der Waals surface area (Å²) in [6.07, 6.45) is 0. The Bertz CT molecular complexity index is 1270. The number of hydrogen-bond acceptors (Lipinski definition) is 5. The molecule has 0 radical (unpaired) electrons. The molecular weight excluding hydrogens is 454 g/mol. The molecule has 6 nitrogen and oxygen atoms in total. The van der Waals surface area contributed by atoms with Gasteiger partial charge in [-0.3, -0.25) is 9.36 Å². The first kappa shape index (κ1) is 22.8. The number of rotatable bonds is 7. The number of aryl methyl sites for hydroxylation is 1. The van der Waals surface area contributed by atoms with Crippen molar-refractivity contribution in [2.45, 2.75) is 19.0 Å². The van der Waals surface area contributed by atoms with Gasteiger partial charge in [0.15, 0.2) is 11.0 Å². The Morgan fingerprint density at radius 2 is 1.70 bits per heavy atom. The molecule has 4 aromatic rings. The van der Waals surface area contributed by atoms with Gasteiger partial charge in [0.05, 0.1) is 11.5 Å². The fourth-order valence-electron chi connectivity index (χ4n) is 3.13. The molecule has 0 aliphatic rings. The van der Waals surface area contributed by atoms with Crippen LogP contribution in [0.5, 0.6) is 0 Å². The number of nitrogens with one attached hydrogen (secondary N) is 1. The molecule has 4 rings (SSSR count). The third-order valence-electron chi connectivity index (χ3n) is 4.90. The van der Waals surface area contributed by atoms with Crippen molar-refractivity contribution < 1.29 is 4.79 Å². The van der Waals surface area contributed by atoms with Crippen LogP contribution < -0.4 is 5.43 Å². The molecule has 1 N–H and O–H groups in total. The van der Waals surface area contributed by atoms with Gasteiger partial charge < -0.3 is 0 Å². The first-order valence-corrected chi connectivity index (χ1v) is 11.7. The zero-order valence-corrected chi connectivity index (χ0v) is 19.8. The normalized spacial score (nSPS) is 11.4. The van der Waals surface area contributed by atoms with E-state index in [0.29, 0.717) is 15.9 Å². The second-order valence-corrected chi connectivity index (χ2v) is 8.75. The number of halogens is 1. The maximum Gasteiger partial charge on any atom is 0.250 e. The smallest absolute Gasteiger partial charge is 0.250 e. The number of carbonyl (C=O) groups is 1. The SMILES string of the molecule is CC(=NNC(=O)CSc1nnc(-c2ccc(C)cc2)n1-c1ccccc1)c1ccc(Cl)cc1. The lowest BCUT2D eigenvalue weighted by Crippen LogP contribution is -2.21. The van der Waals surface area contributed by atoms with E-state index in [4.69, 9.17) is 11.6 Å². The molecule has 3 aromatic carbocycles. The van der Waals surface area contributed by atoms with E-state index >= 15 is 0 Å². The predicted octanol–water partition coefficient (Wildman–Crippen LogP) is 5.53. The summed E-state index contributed by atoms with van der Waals surface area (Å²) in [5, 5.41) is 14.3. The Hall–Kier alpha value is -3.42. The van der Waals surface area contributed by atoms with Gasteiger partial charge in [0.1, 0.15) is 0 Å². The number of para-hydroxylation sites is 1. The summed E-state index contributed by atoms with van der Waals surface area (Å²) < 4.78 is 1.96. The zero-order chi connectivity index (χ0) is 23.2. The lowest BCUT2D eigenvalue weighted by molar-refractivity contribution is -0.118. The van der Waals surface area contributed by atoms with Gasteiger partial charge in [-0.15, -0.1) is 10.2 Å². The van der Waals surface area contributed by atoms with Gasteiger partial charge in [0, 0.05) is 16.3 Å². The van der Waals surface area contributed by atoms with E-state index in [2.05, 4.69) is 20.7 Å². The fourth-order valence-corrected chi connectivity index (χ4v) is 4.00. The lowest BCUT2D eigenvalue weighted by Gasteiger charge is -2.10. The summed E-state index contributed by atoms with van der Waals surface area (Å²) in [6, 6.07) is 25.3. The van der Waals surface area contributed by atoms with Gasteiger partial charge in [-0.25, -0.2) is 5.43 Å². The quantitative estimate of drug-likeness (QED) is 0.217. The van der Waals surface area contributed by atoms with Crippen molar-refractivity contribution in [2.75, 3.05) is 5.75 Å². The minimum Gasteiger partial charge on any atom is -0.272 e. The third kappa shape index (κ3) is 5.69. The van der Waals surface area contributed by atoms with Crippen molar-refractivity contribution >= 4 is 35.0 Å². The van der Waals surface area contributed by atoms with Gasteiger partial charge in [-0.1, -0.05) is 83.5 Å². The highest BCUT2D eigenvalue weighted by Crippen LogP contribution is 2.28. The molecule has 0 atom stereocenters. The van der Waals surface area contributed by atoms with E-state index in [0.717, 1.165) is 22.6 Å². The third-order valence-corrected chi connectivity index (χ3v) is 6.08. The molecule has 1 aromatic heterocycles. The van der Waals surface area contributed by atoms with E-state index in [1.165, 1.54) is 17.3 Å². The molecule has 0 fully saturated rings.